The van der Waals surface area contributed by atoms with Crippen molar-refractivity contribution in [1.82, 2.24) is 4.90 Å². The Hall–Kier alpha value is -2.70. The molecule has 3 rings (SSSR count). The average Bonchev–Trinajstić information content (AvgIpc) is 2.69. The van der Waals surface area contributed by atoms with Gasteiger partial charge in [0.15, 0.2) is 0 Å². The number of methoxy groups -OCH3 is 1. The highest BCUT2D eigenvalue weighted by Crippen LogP contribution is 2.14. The van der Waals surface area contributed by atoms with E-state index in [2.05, 4.69) is 15.0 Å². The summed E-state index contributed by atoms with van der Waals surface area (Å²) in [5.74, 6) is -0.585. The lowest BCUT2D eigenvalue weighted by Crippen LogP contribution is -2.35. The molecule has 1 heterocycles. The van der Waals surface area contributed by atoms with E-state index in [9.17, 15) is 9.59 Å². The fraction of sp³-hybridized carbons (Fsp3) is 0.300. The molecule has 1 fully saturated rings. The molecule has 0 spiro atoms. The van der Waals surface area contributed by atoms with E-state index < -0.39 is 5.97 Å². The second kappa shape index (κ2) is 8.60. The predicted molar refractivity (Wildman–Crippen MR) is 98.3 cm³/mol. The minimum atomic E-state index is -0.404. The van der Waals surface area contributed by atoms with Crippen LogP contribution in [0.3, 0.4) is 0 Å². The Labute approximate surface area is 152 Å². The highest BCUT2D eigenvalue weighted by Gasteiger charge is 2.13. The summed E-state index contributed by atoms with van der Waals surface area (Å²) in [4.78, 5) is 26.3. The number of benzene rings is 2. The van der Waals surface area contributed by atoms with Gasteiger partial charge in [-0.1, -0.05) is 12.1 Å². The Morgan fingerprint density at radius 2 is 1.81 bits per heavy atom. The molecule has 0 unspecified atom stereocenters. The quantitative estimate of drug-likeness (QED) is 0.836. The maximum absolute atomic E-state index is 12.5. The highest BCUT2D eigenvalue weighted by atomic mass is 16.5. The van der Waals surface area contributed by atoms with Crippen LogP contribution in [-0.2, 0) is 16.0 Å². The molecule has 1 aliphatic heterocycles. The number of nitrogens with one attached hydrogen (secondary N) is 1. The van der Waals surface area contributed by atoms with Crippen LogP contribution >= 0.6 is 0 Å². The largest absolute Gasteiger partial charge is 0.465 e. The zero-order valence-electron chi connectivity index (χ0n) is 14.7. The first-order valence-corrected chi connectivity index (χ1v) is 8.54. The molecule has 136 valence electrons. The van der Waals surface area contributed by atoms with Crippen molar-refractivity contribution in [2.45, 2.75) is 6.54 Å². The van der Waals surface area contributed by atoms with Crippen molar-refractivity contribution in [1.29, 1.82) is 0 Å². The van der Waals surface area contributed by atoms with Crippen molar-refractivity contribution in [2.75, 3.05) is 38.7 Å². The summed E-state index contributed by atoms with van der Waals surface area (Å²) < 4.78 is 10.0. The summed E-state index contributed by atoms with van der Waals surface area (Å²) in [5, 5.41) is 2.85. The summed E-state index contributed by atoms with van der Waals surface area (Å²) in [7, 11) is 1.34. The van der Waals surface area contributed by atoms with Gasteiger partial charge in [0.25, 0.3) is 5.91 Å². The number of anilines is 1. The normalized spacial score (nSPS) is 14.7. The second-order valence-electron chi connectivity index (χ2n) is 6.11. The van der Waals surface area contributed by atoms with Crippen LogP contribution in [-0.4, -0.2) is 50.2 Å². The first kappa shape index (κ1) is 18.1. The minimum absolute atomic E-state index is 0.181. The number of ether oxygens (including phenoxy) is 2. The fourth-order valence-corrected chi connectivity index (χ4v) is 2.84. The Bertz CT molecular complexity index is 768. The first-order chi connectivity index (χ1) is 12.7. The Balaban J connectivity index is 1.64. The molecule has 6 nitrogen and oxygen atoms in total. The fourth-order valence-electron chi connectivity index (χ4n) is 2.84. The molecule has 0 aliphatic carbocycles. The summed E-state index contributed by atoms with van der Waals surface area (Å²) in [6.07, 6.45) is 0. The number of hydrogen-bond donors (Lipinski definition) is 1. The number of esters is 1. The van der Waals surface area contributed by atoms with E-state index in [1.54, 1.807) is 30.3 Å². The Morgan fingerprint density at radius 3 is 2.50 bits per heavy atom. The number of morpholine rings is 1. The Kier molecular flexibility index (Phi) is 5.99. The van der Waals surface area contributed by atoms with Gasteiger partial charge < -0.3 is 14.8 Å². The first-order valence-electron chi connectivity index (χ1n) is 8.54. The molecule has 6 heteroatoms. The molecule has 1 amide bonds. The maximum Gasteiger partial charge on any atom is 0.337 e. The third-order valence-electron chi connectivity index (χ3n) is 4.26. The lowest BCUT2D eigenvalue weighted by Gasteiger charge is -2.26. The van der Waals surface area contributed by atoms with Crippen LogP contribution < -0.4 is 5.32 Å². The molecule has 0 radical (unpaired) electrons. The van der Waals surface area contributed by atoms with Gasteiger partial charge >= 0.3 is 5.97 Å². The molecular weight excluding hydrogens is 332 g/mol. The number of rotatable bonds is 5. The van der Waals surface area contributed by atoms with E-state index in [1.165, 1.54) is 7.11 Å². The molecule has 0 aromatic heterocycles. The maximum atomic E-state index is 12.5. The van der Waals surface area contributed by atoms with Gasteiger partial charge in [-0.3, -0.25) is 9.69 Å². The summed E-state index contributed by atoms with van der Waals surface area (Å²) in [6, 6.07) is 14.2. The molecule has 2 aromatic carbocycles. The van der Waals surface area contributed by atoms with Gasteiger partial charge in [0, 0.05) is 30.9 Å². The zero-order chi connectivity index (χ0) is 18.4. The van der Waals surface area contributed by atoms with Gasteiger partial charge in [0.1, 0.15) is 0 Å². The van der Waals surface area contributed by atoms with Gasteiger partial charge in [-0.25, -0.2) is 4.79 Å². The van der Waals surface area contributed by atoms with Crippen molar-refractivity contribution in [3.63, 3.8) is 0 Å². The number of hydrogen-bond acceptors (Lipinski definition) is 5. The van der Waals surface area contributed by atoms with Crippen LogP contribution in [0.4, 0.5) is 5.69 Å². The lowest BCUT2D eigenvalue weighted by atomic mass is 10.1. The lowest BCUT2D eigenvalue weighted by molar-refractivity contribution is 0.0342. The number of amides is 1. The molecule has 1 saturated heterocycles. The minimum Gasteiger partial charge on any atom is -0.465 e. The average molecular weight is 354 g/mol. The molecule has 1 N–H and O–H groups in total. The topological polar surface area (TPSA) is 67.9 Å². The predicted octanol–water partition coefficient (Wildman–Crippen LogP) is 2.56. The second-order valence-corrected chi connectivity index (χ2v) is 6.11. The third kappa shape index (κ3) is 4.68. The van der Waals surface area contributed by atoms with E-state index in [4.69, 9.17) is 4.74 Å². The van der Waals surface area contributed by atoms with Crippen LogP contribution in [0, 0.1) is 0 Å². The molecule has 26 heavy (non-hydrogen) atoms. The van der Waals surface area contributed by atoms with Gasteiger partial charge in [0.2, 0.25) is 0 Å². The molecular formula is C20H22N2O4. The van der Waals surface area contributed by atoms with Crippen molar-refractivity contribution < 1.29 is 19.1 Å². The summed E-state index contributed by atoms with van der Waals surface area (Å²) in [6.45, 7) is 4.12. The Morgan fingerprint density at radius 1 is 1.08 bits per heavy atom. The molecule has 0 bridgehead atoms. The third-order valence-corrected chi connectivity index (χ3v) is 4.26. The van der Waals surface area contributed by atoms with Crippen molar-refractivity contribution in [2.24, 2.45) is 0 Å². The van der Waals surface area contributed by atoms with E-state index in [0.717, 1.165) is 38.4 Å². The monoisotopic (exact) mass is 354 g/mol. The summed E-state index contributed by atoms with van der Waals surface area (Å²) >= 11 is 0. The SMILES string of the molecule is COC(=O)c1ccc(NC(=O)c2cccc(CN3CCOCC3)c2)cc1. The van der Waals surface area contributed by atoms with E-state index in [1.807, 2.05) is 18.2 Å². The van der Waals surface area contributed by atoms with Gasteiger partial charge in [-0.15, -0.1) is 0 Å². The molecule has 1 aliphatic rings. The molecule has 2 aromatic rings. The smallest absolute Gasteiger partial charge is 0.337 e. The van der Waals surface area contributed by atoms with Crippen molar-refractivity contribution >= 4 is 17.6 Å². The van der Waals surface area contributed by atoms with Gasteiger partial charge in [-0.2, -0.15) is 0 Å². The van der Waals surface area contributed by atoms with Crippen LogP contribution in [0.5, 0.6) is 0 Å². The van der Waals surface area contributed by atoms with Crippen LogP contribution in [0.2, 0.25) is 0 Å². The summed E-state index contributed by atoms with van der Waals surface area (Å²) in [5.41, 5.74) is 2.77. The van der Waals surface area contributed by atoms with E-state index >= 15 is 0 Å². The number of carbonyl (C=O) groups excluding carboxylic acids is 2. The van der Waals surface area contributed by atoms with Crippen LogP contribution in [0.25, 0.3) is 0 Å². The standard InChI is InChI=1S/C20H22N2O4/c1-25-20(24)16-5-7-18(8-6-16)21-19(23)17-4-2-3-15(13-17)14-22-9-11-26-12-10-22/h2-8,13H,9-12,14H2,1H3,(H,21,23). The molecule has 0 atom stereocenters. The van der Waals surface area contributed by atoms with Crippen molar-refractivity contribution in [3.8, 4) is 0 Å². The van der Waals surface area contributed by atoms with Gasteiger partial charge in [0.05, 0.1) is 25.9 Å². The van der Waals surface area contributed by atoms with Crippen molar-refractivity contribution in [3.05, 3.63) is 65.2 Å². The zero-order valence-corrected chi connectivity index (χ0v) is 14.7. The van der Waals surface area contributed by atoms with Crippen LogP contribution in [0.1, 0.15) is 26.3 Å². The number of nitrogens with zero attached hydrogens (tertiary/aromatic N) is 1. The highest BCUT2D eigenvalue weighted by molar-refractivity contribution is 6.04. The molecule has 0 saturated carbocycles. The van der Waals surface area contributed by atoms with Crippen LogP contribution in [0.15, 0.2) is 48.5 Å². The van der Waals surface area contributed by atoms with E-state index in [-0.39, 0.29) is 5.91 Å². The number of carbonyl (C=O) groups is 2. The van der Waals surface area contributed by atoms with E-state index in [0.29, 0.717) is 16.8 Å². The van der Waals surface area contributed by atoms with Gasteiger partial charge in [-0.05, 0) is 42.0 Å².